The lowest BCUT2D eigenvalue weighted by Crippen LogP contribution is -2.43. The summed E-state index contributed by atoms with van der Waals surface area (Å²) in [6, 6.07) is 16.4. The topological polar surface area (TPSA) is 111 Å². The fourth-order valence-corrected chi connectivity index (χ4v) is 2.81. The molecule has 0 unspecified atom stereocenters. The highest BCUT2D eigenvalue weighted by Gasteiger charge is 2.12. The Morgan fingerprint density at radius 1 is 1.00 bits per heavy atom. The molecule has 9 heteroatoms. The van der Waals surface area contributed by atoms with Gasteiger partial charge in [0.1, 0.15) is 5.75 Å². The second-order valence-electron chi connectivity index (χ2n) is 5.75. The van der Waals surface area contributed by atoms with Crippen LogP contribution in [0.1, 0.15) is 10.4 Å². The number of ether oxygens (including phenoxy) is 1. The van der Waals surface area contributed by atoms with E-state index < -0.39 is 16.7 Å². The maximum Gasteiger partial charge on any atom is 0.276 e. The molecule has 3 aromatic carbocycles. The smallest absolute Gasteiger partial charge is 0.276 e. The summed E-state index contributed by atoms with van der Waals surface area (Å²) >= 11 is 3.41. The zero-order valence-electron chi connectivity index (χ0n) is 14.3. The Balaban J connectivity index is 1.53. The average Bonchev–Trinajstić information content (AvgIpc) is 2.70. The van der Waals surface area contributed by atoms with Gasteiger partial charge in [-0.1, -0.05) is 34.1 Å². The summed E-state index contributed by atoms with van der Waals surface area (Å²) in [6.07, 6.45) is 0. The quantitative estimate of drug-likeness (QED) is 0.463. The Labute approximate surface area is 167 Å². The number of hydrazine groups is 1. The molecule has 0 saturated heterocycles. The summed E-state index contributed by atoms with van der Waals surface area (Å²) in [7, 11) is 0. The van der Waals surface area contributed by atoms with Crippen LogP contribution >= 0.6 is 15.9 Å². The lowest BCUT2D eigenvalue weighted by molar-refractivity contribution is -0.384. The van der Waals surface area contributed by atoms with E-state index in [-0.39, 0.29) is 17.9 Å². The number of nitro benzene ring substituents is 1. The van der Waals surface area contributed by atoms with E-state index in [0.29, 0.717) is 5.75 Å². The second kappa shape index (κ2) is 8.49. The van der Waals surface area contributed by atoms with Crippen LogP contribution in [0.3, 0.4) is 0 Å². The Morgan fingerprint density at radius 3 is 2.54 bits per heavy atom. The minimum absolute atomic E-state index is 0.0520. The number of nitrogens with zero attached hydrogens (tertiary/aromatic N) is 1. The largest absolute Gasteiger partial charge is 0.484 e. The van der Waals surface area contributed by atoms with Crippen LogP contribution in [0.2, 0.25) is 0 Å². The Morgan fingerprint density at radius 2 is 1.75 bits per heavy atom. The van der Waals surface area contributed by atoms with Crippen molar-refractivity contribution in [3.05, 3.63) is 80.8 Å². The third kappa shape index (κ3) is 4.83. The number of rotatable bonds is 5. The van der Waals surface area contributed by atoms with Crippen LogP contribution in [0, 0.1) is 10.1 Å². The summed E-state index contributed by atoms with van der Waals surface area (Å²) in [5, 5.41) is 12.7. The number of nitro groups is 1. The first-order valence-corrected chi connectivity index (χ1v) is 8.87. The van der Waals surface area contributed by atoms with Crippen LogP contribution in [0.15, 0.2) is 65.1 Å². The Hall–Kier alpha value is -3.46. The van der Waals surface area contributed by atoms with Gasteiger partial charge in [-0.25, -0.2) is 0 Å². The van der Waals surface area contributed by atoms with E-state index in [2.05, 4.69) is 26.8 Å². The summed E-state index contributed by atoms with van der Waals surface area (Å²) in [4.78, 5) is 34.0. The van der Waals surface area contributed by atoms with Gasteiger partial charge in [0, 0.05) is 22.2 Å². The first-order valence-electron chi connectivity index (χ1n) is 8.08. The highest BCUT2D eigenvalue weighted by atomic mass is 79.9. The van der Waals surface area contributed by atoms with Crippen LogP contribution in [-0.2, 0) is 4.79 Å². The van der Waals surface area contributed by atoms with E-state index in [9.17, 15) is 19.7 Å². The number of halogens is 1. The molecule has 0 aliphatic carbocycles. The fourth-order valence-electron chi connectivity index (χ4n) is 2.43. The predicted molar refractivity (Wildman–Crippen MR) is 106 cm³/mol. The first kappa shape index (κ1) is 19.3. The number of hydrogen-bond donors (Lipinski definition) is 2. The van der Waals surface area contributed by atoms with Gasteiger partial charge in [-0.3, -0.25) is 30.6 Å². The van der Waals surface area contributed by atoms with Crippen LogP contribution in [0.25, 0.3) is 10.8 Å². The molecule has 0 radical (unpaired) electrons. The molecule has 2 amide bonds. The van der Waals surface area contributed by atoms with Gasteiger partial charge in [0.15, 0.2) is 6.61 Å². The van der Waals surface area contributed by atoms with Crippen molar-refractivity contribution in [2.24, 2.45) is 0 Å². The normalized spacial score (nSPS) is 10.3. The van der Waals surface area contributed by atoms with Crippen molar-refractivity contribution in [3.8, 4) is 5.75 Å². The van der Waals surface area contributed by atoms with E-state index >= 15 is 0 Å². The van der Waals surface area contributed by atoms with Crippen molar-refractivity contribution in [1.82, 2.24) is 10.9 Å². The van der Waals surface area contributed by atoms with Crippen LogP contribution in [0.5, 0.6) is 5.75 Å². The third-order valence-electron chi connectivity index (χ3n) is 3.78. The van der Waals surface area contributed by atoms with Gasteiger partial charge in [0.25, 0.3) is 17.5 Å². The van der Waals surface area contributed by atoms with E-state index in [1.807, 2.05) is 24.3 Å². The van der Waals surface area contributed by atoms with Crippen molar-refractivity contribution >= 4 is 44.2 Å². The molecule has 0 heterocycles. The standard InChI is InChI=1S/C19H14BrN3O5/c20-15-6-4-13-10-17(7-5-12(13)8-15)28-11-18(24)21-22-19(25)14-2-1-3-16(9-14)23(26)27/h1-10H,11H2,(H,21,24)(H,22,25). The lowest BCUT2D eigenvalue weighted by Gasteiger charge is -2.09. The molecule has 0 fully saturated rings. The van der Waals surface area contributed by atoms with Gasteiger partial charge >= 0.3 is 0 Å². The summed E-state index contributed by atoms with van der Waals surface area (Å²) < 4.78 is 6.40. The fraction of sp³-hybridized carbons (Fsp3) is 0.0526. The van der Waals surface area contributed by atoms with Crippen molar-refractivity contribution in [2.75, 3.05) is 6.61 Å². The first-order chi connectivity index (χ1) is 13.4. The number of non-ortho nitro benzene ring substituents is 1. The minimum Gasteiger partial charge on any atom is -0.484 e. The molecule has 28 heavy (non-hydrogen) atoms. The van der Waals surface area contributed by atoms with Gasteiger partial charge in [-0.2, -0.15) is 0 Å². The lowest BCUT2D eigenvalue weighted by atomic mass is 10.1. The molecular weight excluding hydrogens is 430 g/mol. The summed E-state index contributed by atoms with van der Waals surface area (Å²) in [6.45, 7) is -0.308. The molecule has 0 bridgehead atoms. The monoisotopic (exact) mass is 443 g/mol. The molecule has 0 atom stereocenters. The van der Waals surface area contributed by atoms with E-state index in [1.54, 1.807) is 12.1 Å². The number of fused-ring (bicyclic) bond motifs is 1. The zero-order valence-corrected chi connectivity index (χ0v) is 15.9. The molecule has 3 rings (SSSR count). The number of amides is 2. The van der Waals surface area contributed by atoms with Gasteiger partial charge in [-0.15, -0.1) is 0 Å². The Kier molecular flexibility index (Phi) is 5.85. The second-order valence-corrected chi connectivity index (χ2v) is 6.67. The minimum atomic E-state index is -0.673. The van der Waals surface area contributed by atoms with Crippen molar-refractivity contribution < 1.29 is 19.2 Å². The molecule has 2 N–H and O–H groups in total. The number of hydrogen-bond acceptors (Lipinski definition) is 5. The highest BCUT2D eigenvalue weighted by Crippen LogP contribution is 2.24. The van der Waals surface area contributed by atoms with Gasteiger partial charge in [0.2, 0.25) is 0 Å². The van der Waals surface area contributed by atoms with Crippen LogP contribution in [-0.4, -0.2) is 23.3 Å². The molecule has 0 aliphatic rings. The van der Waals surface area contributed by atoms with Gasteiger partial charge < -0.3 is 4.74 Å². The number of carbonyl (C=O) groups is 2. The highest BCUT2D eigenvalue weighted by molar-refractivity contribution is 9.10. The molecular formula is C19H14BrN3O5. The third-order valence-corrected chi connectivity index (χ3v) is 4.27. The SMILES string of the molecule is O=C(COc1ccc2cc(Br)ccc2c1)NNC(=O)c1cccc([N+](=O)[O-])c1. The molecule has 0 aliphatic heterocycles. The number of nitrogens with one attached hydrogen (secondary N) is 2. The Bertz CT molecular complexity index is 1070. The maximum atomic E-state index is 12.0. The summed E-state index contributed by atoms with van der Waals surface area (Å²) in [5.41, 5.74) is 4.23. The number of benzene rings is 3. The van der Waals surface area contributed by atoms with Crippen molar-refractivity contribution in [1.29, 1.82) is 0 Å². The molecule has 142 valence electrons. The van der Waals surface area contributed by atoms with Crippen molar-refractivity contribution in [2.45, 2.75) is 0 Å². The summed E-state index contributed by atoms with van der Waals surface area (Å²) in [5.74, 6) is -0.738. The average molecular weight is 444 g/mol. The van der Waals surface area contributed by atoms with Crippen molar-refractivity contribution in [3.63, 3.8) is 0 Å². The molecule has 0 spiro atoms. The van der Waals surface area contributed by atoms with Gasteiger partial charge in [0.05, 0.1) is 4.92 Å². The maximum absolute atomic E-state index is 12.0. The van der Waals surface area contributed by atoms with Crippen LogP contribution in [0.4, 0.5) is 5.69 Å². The zero-order chi connectivity index (χ0) is 20.1. The molecule has 0 saturated carbocycles. The van der Waals surface area contributed by atoms with E-state index in [1.165, 1.54) is 18.2 Å². The van der Waals surface area contributed by atoms with E-state index in [0.717, 1.165) is 21.3 Å². The van der Waals surface area contributed by atoms with E-state index in [4.69, 9.17) is 4.74 Å². The predicted octanol–water partition coefficient (Wildman–Crippen LogP) is 3.35. The molecule has 3 aromatic rings. The number of carbonyl (C=O) groups excluding carboxylic acids is 2. The molecule has 0 aromatic heterocycles. The van der Waals surface area contributed by atoms with Gasteiger partial charge in [-0.05, 0) is 41.1 Å². The molecule has 8 nitrogen and oxygen atoms in total. The van der Waals surface area contributed by atoms with Crippen LogP contribution < -0.4 is 15.6 Å².